The number of carbonyl (C=O) groups is 1. The van der Waals surface area contributed by atoms with Crippen molar-refractivity contribution < 1.29 is 23.8 Å². The zero-order chi connectivity index (χ0) is 22.9. The molecule has 164 valence electrons. The quantitative estimate of drug-likeness (QED) is 0.394. The molecule has 0 amide bonds. The smallest absolute Gasteiger partial charge is 0.227 e. The minimum absolute atomic E-state index is 0.107. The lowest BCUT2D eigenvalue weighted by atomic mass is 10.00. The van der Waals surface area contributed by atoms with E-state index in [2.05, 4.69) is 9.97 Å². The zero-order valence-electron chi connectivity index (χ0n) is 18.0. The number of rotatable bonds is 6. The van der Waals surface area contributed by atoms with Crippen LogP contribution in [0.2, 0.25) is 0 Å². The molecule has 0 radical (unpaired) electrons. The van der Waals surface area contributed by atoms with Crippen molar-refractivity contribution in [3.63, 3.8) is 0 Å². The Morgan fingerprint density at radius 3 is 2.45 bits per heavy atom. The van der Waals surface area contributed by atoms with Crippen molar-refractivity contribution in [2.75, 3.05) is 14.2 Å². The molecule has 0 aliphatic rings. The van der Waals surface area contributed by atoms with E-state index in [1.54, 1.807) is 32.5 Å². The number of nitrogens with zero attached hydrogens (tertiary/aromatic N) is 2. The molecule has 0 aliphatic carbocycles. The lowest BCUT2D eigenvalue weighted by Gasteiger charge is -2.11. The molecule has 0 aliphatic heterocycles. The average Bonchev–Trinajstić information content (AvgIpc) is 3.27. The molecule has 2 heterocycles. The molecule has 0 fully saturated rings. The highest BCUT2D eigenvalue weighted by Gasteiger charge is 2.12. The van der Waals surface area contributed by atoms with Gasteiger partial charge in [0, 0.05) is 23.3 Å². The van der Waals surface area contributed by atoms with Crippen LogP contribution >= 0.6 is 0 Å². The van der Waals surface area contributed by atoms with Crippen molar-refractivity contribution in [1.82, 2.24) is 9.97 Å². The van der Waals surface area contributed by atoms with Crippen LogP contribution in [0, 0.1) is 0 Å². The molecule has 0 unspecified atom stereocenters. The number of carbonyl (C=O) groups excluding carboxylic acids is 1. The predicted octanol–water partition coefficient (Wildman–Crippen LogP) is 4.01. The predicted molar refractivity (Wildman–Crippen MR) is 121 cm³/mol. The molecule has 0 bridgehead atoms. The Hall–Kier alpha value is -4.39. The second-order valence-electron chi connectivity index (χ2n) is 7.59. The lowest BCUT2D eigenvalue weighted by molar-refractivity contribution is -0.255. The van der Waals surface area contributed by atoms with Crippen LogP contribution in [0.25, 0.3) is 33.3 Å². The number of carboxylic acids is 1. The number of hydrogen-bond donors (Lipinski definition) is 0. The van der Waals surface area contributed by atoms with Gasteiger partial charge in [0.1, 0.15) is 5.52 Å². The van der Waals surface area contributed by atoms with Gasteiger partial charge >= 0.3 is 0 Å². The Bertz CT molecular complexity index is 1490. The van der Waals surface area contributed by atoms with Gasteiger partial charge in [-0.1, -0.05) is 18.2 Å². The number of pyridine rings is 1. The summed E-state index contributed by atoms with van der Waals surface area (Å²) in [6, 6.07) is 16.0. The summed E-state index contributed by atoms with van der Waals surface area (Å²) in [5.41, 5.74) is 4.28. The molecule has 5 aromatic rings. The molecule has 0 saturated carbocycles. The van der Waals surface area contributed by atoms with Crippen LogP contribution in [0.15, 0.2) is 71.4 Å². The number of fused-ring (bicyclic) bond motifs is 2. The van der Waals surface area contributed by atoms with E-state index < -0.39 is 5.97 Å². The van der Waals surface area contributed by atoms with Gasteiger partial charge in [-0.25, -0.2) is 4.98 Å². The third-order valence-electron chi connectivity index (χ3n) is 5.56. The van der Waals surface area contributed by atoms with Crippen molar-refractivity contribution >= 4 is 27.8 Å². The van der Waals surface area contributed by atoms with Gasteiger partial charge in [0.25, 0.3) is 0 Å². The fraction of sp³-hybridized carbons (Fsp3) is 0.115. The van der Waals surface area contributed by atoms with E-state index in [1.165, 1.54) is 12.1 Å². The highest BCUT2D eigenvalue weighted by atomic mass is 16.5. The summed E-state index contributed by atoms with van der Waals surface area (Å²) in [7, 11) is 3.23. The van der Waals surface area contributed by atoms with Crippen LogP contribution < -0.4 is 14.6 Å². The maximum Gasteiger partial charge on any atom is 0.227 e. The van der Waals surface area contributed by atoms with Crippen molar-refractivity contribution in [2.24, 2.45) is 0 Å². The Morgan fingerprint density at radius 1 is 0.970 bits per heavy atom. The first-order chi connectivity index (χ1) is 16.1. The number of methoxy groups -OCH3 is 2. The summed E-state index contributed by atoms with van der Waals surface area (Å²) in [5, 5.41) is 13.0. The van der Waals surface area contributed by atoms with Gasteiger partial charge in [0.05, 0.1) is 20.2 Å². The molecule has 5 rings (SSSR count). The molecule has 2 aromatic heterocycles. The molecule has 7 heteroatoms. The Morgan fingerprint density at radius 2 is 1.73 bits per heavy atom. The monoisotopic (exact) mass is 439 g/mol. The van der Waals surface area contributed by atoms with E-state index in [0.717, 1.165) is 27.4 Å². The molecular weight excluding hydrogens is 420 g/mol. The van der Waals surface area contributed by atoms with Crippen LogP contribution in [-0.4, -0.2) is 30.2 Å². The van der Waals surface area contributed by atoms with Crippen LogP contribution in [0.3, 0.4) is 0 Å². The van der Waals surface area contributed by atoms with Crippen LogP contribution in [0.5, 0.6) is 11.5 Å². The first kappa shape index (κ1) is 20.5. The highest BCUT2D eigenvalue weighted by Crippen LogP contribution is 2.34. The molecule has 3 aromatic carbocycles. The van der Waals surface area contributed by atoms with E-state index in [4.69, 9.17) is 13.9 Å². The van der Waals surface area contributed by atoms with E-state index >= 15 is 0 Å². The summed E-state index contributed by atoms with van der Waals surface area (Å²) in [6.07, 6.45) is 4.31. The van der Waals surface area contributed by atoms with Gasteiger partial charge in [0.2, 0.25) is 5.89 Å². The number of aromatic nitrogens is 2. The maximum atomic E-state index is 11.0. The summed E-state index contributed by atoms with van der Waals surface area (Å²) in [4.78, 5) is 19.9. The summed E-state index contributed by atoms with van der Waals surface area (Å²) in [5.74, 6) is 0.533. The van der Waals surface area contributed by atoms with Gasteiger partial charge < -0.3 is 23.8 Å². The Labute approximate surface area is 189 Å². The first-order valence-electron chi connectivity index (χ1n) is 10.3. The summed E-state index contributed by atoms with van der Waals surface area (Å²) < 4.78 is 16.7. The molecule has 0 N–H and O–H groups in total. The van der Waals surface area contributed by atoms with Crippen molar-refractivity contribution in [2.45, 2.75) is 6.42 Å². The topological polar surface area (TPSA) is 97.5 Å². The van der Waals surface area contributed by atoms with Gasteiger partial charge in [-0.05, 0) is 64.9 Å². The Kier molecular flexibility index (Phi) is 5.14. The second kappa shape index (κ2) is 8.27. The highest BCUT2D eigenvalue weighted by molar-refractivity contribution is 5.89. The van der Waals surface area contributed by atoms with Crippen LogP contribution in [-0.2, 0) is 6.42 Å². The van der Waals surface area contributed by atoms with Gasteiger partial charge in [-0.15, -0.1) is 0 Å². The van der Waals surface area contributed by atoms with E-state index in [0.29, 0.717) is 35.0 Å². The number of carboxylic acid groups (broad SMARTS) is 1. The van der Waals surface area contributed by atoms with E-state index in [9.17, 15) is 9.90 Å². The van der Waals surface area contributed by atoms with Crippen LogP contribution in [0.1, 0.15) is 21.5 Å². The minimum Gasteiger partial charge on any atom is -0.545 e. The molecule has 33 heavy (non-hydrogen) atoms. The van der Waals surface area contributed by atoms with Gasteiger partial charge in [0.15, 0.2) is 17.1 Å². The Balaban J connectivity index is 1.48. The van der Waals surface area contributed by atoms with Gasteiger partial charge in [-0.2, -0.15) is 0 Å². The summed E-state index contributed by atoms with van der Waals surface area (Å²) >= 11 is 0. The number of hydrogen-bond acceptors (Lipinski definition) is 7. The van der Waals surface area contributed by atoms with Crippen molar-refractivity contribution in [3.05, 3.63) is 83.7 Å². The first-order valence-corrected chi connectivity index (χ1v) is 10.3. The van der Waals surface area contributed by atoms with Crippen molar-refractivity contribution in [3.8, 4) is 23.0 Å². The standard InChI is InChI=1S/C26H20N2O5/c1-31-23-11-19-14-27-13-18(20(19)12-24(23)32-2)9-15-3-8-22-21(10-15)28-25(33-22)16-4-6-17(7-5-16)26(29)30/h3-8,10-14H,9H2,1-2H3,(H,29,30)/p-1. The zero-order valence-corrected chi connectivity index (χ0v) is 18.0. The average molecular weight is 439 g/mol. The van der Waals surface area contributed by atoms with E-state index in [-0.39, 0.29) is 5.56 Å². The van der Waals surface area contributed by atoms with E-state index in [1.807, 2.05) is 36.5 Å². The van der Waals surface area contributed by atoms with Crippen LogP contribution in [0.4, 0.5) is 0 Å². The third kappa shape index (κ3) is 3.85. The molecule has 0 saturated heterocycles. The minimum atomic E-state index is -1.22. The van der Waals surface area contributed by atoms with Crippen molar-refractivity contribution in [1.29, 1.82) is 0 Å². The number of benzene rings is 3. The molecule has 0 spiro atoms. The maximum absolute atomic E-state index is 11.0. The summed E-state index contributed by atoms with van der Waals surface area (Å²) in [6.45, 7) is 0. The molecule has 0 atom stereocenters. The lowest BCUT2D eigenvalue weighted by Crippen LogP contribution is -2.21. The number of ether oxygens (including phenoxy) is 2. The normalized spacial score (nSPS) is 11.1. The van der Waals surface area contributed by atoms with Gasteiger partial charge in [-0.3, -0.25) is 4.98 Å². The number of oxazole rings is 1. The second-order valence-corrected chi connectivity index (χ2v) is 7.59. The fourth-order valence-electron chi connectivity index (χ4n) is 3.87. The third-order valence-corrected chi connectivity index (χ3v) is 5.56. The fourth-order valence-corrected chi connectivity index (χ4v) is 3.87. The molecular formula is C26H19N2O5-. The SMILES string of the molecule is COc1cc2cncc(Cc3ccc4oc(-c5ccc(C(=O)[O-])cc5)nc4c3)c2cc1OC. The number of aromatic carboxylic acids is 1. The molecule has 7 nitrogen and oxygen atoms in total. The largest absolute Gasteiger partial charge is 0.545 e.